The van der Waals surface area contributed by atoms with E-state index in [-0.39, 0.29) is 0 Å². The number of hydrogen-bond donors (Lipinski definition) is 2. The molecule has 6 heteroatoms. The molecule has 0 spiro atoms. The Morgan fingerprint density at radius 2 is 1.57 bits per heavy atom. The zero-order valence-electron chi connectivity index (χ0n) is 19.2. The van der Waals surface area contributed by atoms with Crippen molar-refractivity contribution in [1.29, 1.82) is 0 Å². The Morgan fingerprint density at radius 1 is 0.833 bits per heavy atom. The first-order valence-corrected chi connectivity index (χ1v) is 12.0. The van der Waals surface area contributed by atoms with E-state index in [1.54, 1.807) is 0 Å². The van der Waals surface area contributed by atoms with Gasteiger partial charge in [0.25, 0.3) is 0 Å². The molecule has 0 saturated carbocycles. The molecule has 0 bridgehead atoms. The van der Waals surface area contributed by atoms with Crippen LogP contribution >= 0.6 is 0 Å². The molecular formula is C24H42N6. The lowest BCUT2D eigenvalue weighted by atomic mass is 10.1. The number of guanidine groups is 1. The highest BCUT2D eigenvalue weighted by Gasteiger charge is 2.12. The average Bonchev–Trinajstić information content (AvgIpc) is 2.98. The topological polar surface area (TPSA) is 46.1 Å². The van der Waals surface area contributed by atoms with E-state index < -0.39 is 0 Å². The van der Waals surface area contributed by atoms with Gasteiger partial charge in [-0.1, -0.05) is 30.7 Å². The molecule has 0 aliphatic carbocycles. The Morgan fingerprint density at radius 3 is 2.33 bits per heavy atom. The molecule has 30 heavy (non-hydrogen) atoms. The SMILES string of the molecule is CCNC(=NCc1ccc(CN2CCCCC2)cc1)NCCN1CCCN(C)CC1. The van der Waals surface area contributed by atoms with Gasteiger partial charge in [-0.15, -0.1) is 0 Å². The number of hydrogen-bond acceptors (Lipinski definition) is 4. The van der Waals surface area contributed by atoms with Crippen molar-refractivity contribution >= 4 is 5.96 Å². The minimum Gasteiger partial charge on any atom is -0.357 e. The summed E-state index contributed by atoms with van der Waals surface area (Å²) in [5.41, 5.74) is 2.68. The average molecular weight is 415 g/mol. The molecule has 1 aromatic carbocycles. The van der Waals surface area contributed by atoms with Crippen LogP contribution in [0.5, 0.6) is 0 Å². The maximum Gasteiger partial charge on any atom is 0.191 e. The Bertz CT molecular complexity index is 623. The van der Waals surface area contributed by atoms with Crippen molar-refractivity contribution in [1.82, 2.24) is 25.3 Å². The fourth-order valence-electron chi connectivity index (χ4n) is 4.29. The van der Waals surface area contributed by atoms with E-state index in [0.717, 1.165) is 38.7 Å². The van der Waals surface area contributed by atoms with Gasteiger partial charge >= 0.3 is 0 Å². The maximum absolute atomic E-state index is 4.80. The second-order valence-corrected chi connectivity index (χ2v) is 8.77. The van der Waals surface area contributed by atoms with E-state index in [1.165, 1.54) is 69.5 Å². The van der Waals surface area contributed by atoms with Crippen LogP contribution in [0.25, 0.3) is 0 Å². The summed E-state index contributed by atoms with van der Waals surface area (Å²) in [6.07, 6.45) is 5.35. The Hall–Kier alpha value is -1.63. The smallest absolute Gasteiger partial charge is 0.191 e. The fourth-order valence-corrected chi connectivity index (χ4v) is 4.29. The molecule has 2 aliphatic rings. The van der Waals surface area contributed by atoms with Gasteiger partial charge in [0.1, 0.15) is 0 Å². The summed E-state index contributed by atoms with van der Waals surface area (Å²) in [5, 5.41) is 6.89. The Kier molecular flexibility index (Phi) is 9.93. The molecule has 2 N–H and O–H groups in total. The molecule has 3 rings (SSSR count). The quantitative estimate of drug-likeness (QED) is 0.505. The lowest BCUT2D eigenvalue weighted by molar-refractivity contribution is 0.221. The first-order valence-electron chi connectivity index (χ1n) is 12.0. The summed E-state index contributed by atoms with van der Waals surface area (Å²) in [4.78, 5) is 12.4. The van der Waals surface area contributed by atoms with Gasteiger partial charge < -0.3 is 20.4 Å². The highest BCUT2D eigenvalue weighted by atomic mass is 15.2. The summed E-state index contributed by atoms with van der Waals surface area (Å²) < 4.78 is 0. The summed E-state index contributed by atoms with van der Waals surface area (Å²) in [6.45, 7) is 14.1. The number of benzene rings is 1. The summed E-state index contributed by atoms with van der Waals surface area (Å²) in [7, 11) is 2.22. The molecule has 0 atom stereocenters. The van der Waals surface area contributed by atoms with Crippen molar-refractivity contribution < 1.29 is 0 Å². The Balaban J connectivity index is 1.43. The highest BCUT2D eigenvalue weighted by molar-refractivity contribution is 5.79. The van der Waals surface area contributed by atoms with Crippen molar-refractivity contribution in [3.63, 3.8) is 0 Å². The third-order valence-corrected chi connectivity index (χ3v) is 6.17. The van der Waals surface area contributed by atoms with Crippen LogP contribution in [0.2, 0.25) is 0 Å². The molecular weight excluding hydrogens is 372 g/mol. The van der Waals surface area contributed by atoms with Gasteiger partial charge in [0, 0.05) is 39.3 Å². The van der Waals surface area contributed by atoms with Crippen LogP contribution in [-0.4, -0.2) is 86.6 Å². The van der Waals surface area contributed by atoms with Gasteiger partial charge in [-0.25, -0.2) is 4.99 Å². The third-order valence-electron chi connectivity index (χ3n) is 6.17. The minimum absolute atomic E-state index is 0.716. The van der Waals surface area contributed by atoms with Crippen molar-refractivity contribution in [2.75, 3.05) is 66.0 Å². The molecule has 2 heterocycles. The zero-order chi connectivity index (χ0) is 21.0. The number of nitrogens with zero attached hydrogens (tertiary/aromatic N) is 4. The van der Waals surface area contributed by atoms with E-state index in [4.69, 9.17) is 4.99 Å². The molecule has 0 amide bonds. The van der Waals surface area contributed by atoms with Crippen LogP contribution in [0.1, 0.15) is 43.7 Å². The first kappa shape index (κ1) is 23.0. The van der Waals surface area contributed by atoms with Crippen LogP contribution in [0, 0.1) is 0 Å². The standard InChI is InChI=1S/C24H42N6/c1-3-25-24(26-12-17-29-16-7-13-28(2)18-19-29)27-20-22-8-10-23(11-9-22)21-30-14-5-4-6-15-30/h8-11H,3-7,12-21H2,1-2H3,(H2,25,26,27). The van der Waals surface area contributed by atoms with E-state index >= 15 is 0 Å². The van der Waals surface area contributed by atoms with Crippen LogP contribution in [-0.2, 0) is 13.1 Å². The summed E-state index contributed by atoms with van der Waals surface area (Å²) in [5.74, 6) is 0.918. The number of likely N-dealkylation sites (N-methyl/N-ethyl adjacent to an activating group) is 1. The molecule has 2 saturated heterocycles. The molecule has 0 unspecified atom stereocenters. The second-order valence-electron chi connectivity index (χ2n) is 8.77. The van der Waals surface area contributed by atoms with Gasteiger partial charge in [-0.2, -0.15) is 0 Å². The Labute approximate surface area is 183 Å². The minimum atomic E-state index is 0.716. The zero-order valence-corrected chi connectivity index (χ0v) is 19.2. The maximum atomic E-state index is 4.80. The van der Waals surface area contributed by atoms with Crippen molar-refractivity contribution in [2.45, 2.75) is 45.7 Å². The number of nitrogens with one attached hydrogen (secondary N) is 2. The number of rotatable bonds is 8. The van der Waals surface area contributed by atoms with E-state index in [0.29, 0.717) is 6.54 Å². The monoisotopic (exact) mass is 414 g/mol. The number of piperidine rings is 1. The van der Waals surface area contributed by atoms with Crippen molar-refractivity contribution in [2.24, 2.45) is 4.99 Å². The van der Waals surface area contributed by atoms with Crippen LogP contribution in [0.4, 0.5) is 0 Å². The van der Waals surface area contributed by atoms with E-state index in [1.807, 2.05) is 0 Å². The third kappa shape index (κ3) is 8.25. The number of aliphatic imine (C=N–C) groups is 1. The van der Waals surface area contributed by atoms with Gasteiger partial charge in [0.15, 0.2) is 5.96 Å². The van der Waals surface area contributed by atoms with Crippen LogP contribution in [0.15, 0.2) is 29.3 Å². The second kappa shape index (κ2) is 12.9. The predicted octanol–water partition coefficient (Wildman–Crippen LogP) is 2.37. The lowest BCUT2D eigenvalue weighted by Gasteiger charge is -2.26. The van der Waals surface area contributed by atoms with E-state index in [9.17, 15) is 0 Å². The largest absolute Gasteiger partial charge is 0.357 e. The molecule has 6 nitrogen and oxygen atoms in total. The normalized spacial score (nSPS) is 20.1. The van der Waals surface area contributed by atoms with E-state index in [2.05, 4.69) is 63.6 Å². The van der Waals surface area contributed by atoms with Gasteiger partial charge in [0.2, 0.25) is 0 Å². The van der Waals surface area contributed by atoms with Crippen LogP contribution in [0.3, 0.4) is 0 Å². The number of likely N-dealkylation sites (tertiary alicyclic amines) is 1. The molecule has 1 aromatic rings. The molecule has 2 aliphatic heterocycles. The summed E-state index contributed by atoms with van der Waals surface area (Å²) in [6, 6.07) is 9.02. The molecule has 168 valence electrons. The van der Waals surface area contributed by atoms with Crippen LogP contribution < -0.4 is 10.6 Å². The van der Waals surface area contributed by atoms with Gasteiger partial charge in [0.05, 0.1) is 6.54 Å². The fraction of sp³-hybridized carbons (Fsp3) is 0.708. The lowest BCUT2D eigenvalue weighted by Crippen LogP contribution is -2.42. The van der Waals surface area contributed by atoms with Crippen molar-refractivity contribution in [3.05, 3.63) is 35.4 Å². The summed E-state index contributed by atoms with van der Waals surface area (Å²) >= 11 is 0. The molecule has 0 aromatic heterocycles. The van der Waals surface area contributed by atoms with Crippen molar-refractivity contribution in [3.8, 4) is 0 Å². The molecule has 0 radical (unpaired) electrons. The van der Waals surface area contributed by atoms with Gasteiger partial charge in [-0.3, -0.25) is 4.90 Å². The first-order chi connectivity index (χ1) is 14.7. The predicted molar refractivity (Wildman–Crippen MR) is 127 cm³/mol. The molecule has 2 fully saturated rings. The van der Waals surface area contributed by atoms with Gasteiger partial charge in [-0.05, 0) is 70.5 Å². The highest BCUT2D eigenvalue weighted by Crippen LogP contribution is 2.14.